The van der Waals surface area contributed by atoms with Crippen LogP contribution in [0.1, 0.15) is 133 Å². The highest BCUT2D eigenvalue weighted by Gasteiger charge is 2.23. The first-order valence-corrected chi connectivity index (χ1v) is 14.2. The number of aryl methyl sites for hydroxylation is 1. The van der Waals surface area contributed by atoms with Gasteiger partial charge in [-0.15, -0.1) is 0 Å². The summed E-state index contributed by atoms with van der Waals surface area (Å²) in [5, 5.41) is 1.49. The van der Waals surface area contributed by atoms with Crippen LogP contribution in [0.5, 0.6) is 0 Å². The van der Waals surface area contributed by atoms with Crippen molar-refractivity contribution in [1.29, 1.82) is 0 Å². The van der Waals surface area contributed by atoms with E-state index in [1.54, 1.807) is 11.3 Å². The average molecular weight is 522 g/mol. The highest BCUT2D eigenvalue weighted by Crippen LogP contribution is 2.39. The summed E-state index contributed by atoms with van der Waals surface area (Å²) in [7, 11) is 0. The summed E-state index contributed by atoms with van der Waals surface area (Å²) in [6, 6.07) is 6.88. The van der Waals surface area contributed by atoms with Gasteiger partial charge in [0.2, 0.25) is 0 Å². The van der Waals surface area contributed by atoms with Crippen LogP contribution in [0.4, 0.5) is 0 Å². The predicted octanol–water partition coefficient (Wildman–Crippen LogP) is 10.1. The van der Waals surface area contributed by atoms with Gasteiger partial charge < -0.3 is 4.98 Å². The molecule has 0 aliphatic heterocycles. The highest BCUT2D eigenvalue weighted by atomic mass is 127. The number of aromatic nitrogens is 1. The van der Waals surface area contributed by atoms with Gasteiger partial charge in [0.25, 0.3) is 0 Å². The van der Waals surface area contributed by atoms with E-state index in [1.807, 2.05) is 0 Å². The Hall–Kier alpha value is -0.510. The van der Waals surface area contributed by atoms with Crippen molar-refractivity contribution in [3.63, 3.8) is 0 Å². The number of H-pyrrole nitrogens is 1. The molecule has 2 heteroatoms. The molecule has 1 aliphatic carbocycles. The number of rotatable bonds is 15. The zero-order chi connectivity index (χ0) is 21.0. The van der Waals surface area contributed by atoms with Crippen molar-refractivity contribution >= 4 is 33.5 Å². The molecular weight excluding hydrogens is 477 g/mol. The van der Waals surface area contributed by atoms with Crippen LogP contribution in [0.25, 0.3) is 10.9 Å². The van der Waals surface area contributed by atoms with E-state index in [9.17, 15) is 0 Å². The topological polar surface area (TPSA) is 15.8 Å². The van der Waals surface area contributed by atoms with Gasteiger partial charge in [0.1, 0.15) is 0 Å². The molecule has 0 saturated heterocycles. The van der Waals surface area contributed by atoms with Crippen molar-refractivity contribution in [2.24, 2.45) is 0 Å². The lowest BCUT2D eigenvalue weighted by atomic mass is 9.83. The number of hydrogen-bond acceptors (Lipinski definition) is 0. The minimum atomic E-state index is 0.774. The van der Waals surface area contributed by atoms with Crippen molar-refractivity contribution in [2.45, 2.75) is 128 Å². The summed E-state index contributed by atoms with van der Waals surface area (Å²) in [5.74, 6) is 0.774. The molecule has 0 amide bonds. The van der Waals surface area contributed by atoms with E-state index in [0.717, 1.165) is 5.92 Å². The predicted molar refractivity (Wildman–Crippen MR) is 142 cm³/mol. The molecule has 1 N–H and O–H groups in total. The standard InChI is InChI=1S/C28H44IN/c1-2-3-4-5-6-7-8-9-10-11-12-13-14-15-17-23-18-16-19-25-26-22-24(29)20-21-27(26)30-28(23)25/h20-23,30H,2-19H2,1H3. The van der Waals surface area contributed by atoms with Gasteiger partial charge in [-0.3, -0.25) is 0 Å². The molecule has 1 aromatic heterocycles. The Morgan fingerprint density at radius 2 is 1.43 bits per heavy atom. The normalized spacial score (nSPS) is 16.3. The fourth-order valence-electron chi connectivity index (χ4n) is 5.40. The van der Waals surface area contributed by atoms with Crippen LogP contribution in [-0.2, 0) is 6.42 Å². The summed E-state index contributed by atoms with van der Waals surface area (Å²) in [6.45, 7) is 2.30. The van der Waals surface area contributed by atoms with Gasteiger partial charge in [0, 0.05) is 20.2 Å². The van der Waals surface area contributed by atoms with Crippen molar-refractivity contribution in [1.82, 2.24) is 4.98 Å². The molecule has 1 atom stereocenters. The monoisotopic (exact) mass is 521 g/mol. The molecule has 3 rings (SSSR count). The van der Waals surface area contributed by atoms with Crippen molar-refractivity contribution in [3.8, 4) is 0 Å². The van der Waals surface area contributed by atoms with Gasteiger partial charge in [0.15, 0.2) is 0 Å². The molecule has 0 bridgehead atoms. The fourth-order valence-corrected chi connectivity index (χ4v) is 5.89. The Balaban J connectivity index is 1.24. The first-order chi connectivity index (χ1) is 14.8. The zero-order valence-corrected chi connectivity index (χ0v) is 21.6. The van der Waals surface area contributed by atoms with Crippen LogP contribution in [0.15, 0.2) is 18.2 Å². The number of halogens is 1. The molecule has 1 unspecified atom stereocenters. The van der Waals surface area contributed by atoms with E-state index in [0.29, 0.717) is 0 Å². The molecule has 0 spiro atoms. The molecule has 30 heavy (non-hydrogen) atoms. The first kappa shape index (κ1) is 24.1. The van der Waals surface area contributed by atoms with Crippen molar-refractivity contribution in [2.75, 3.05) is 0 Å². The number of aromatic amines is 1. The lowest BCUT2D eigenvalue weighted by Gasteiger charge is -2.22. The molecule has 0 saturated carbocycles. The van der Waals surface area contributed by atoms with Crippen molar-refractivity contribution < 1.29 is 0 Å². The van der Waals surface area contributed by atoms with Crippen LogP contribution in [0.2, 0.25) is 0 Å². The maximum Gasteiger partial charge on any atom is 0.0459 e. The minimum Gasteiger partial charge on any atom is -0.358 e. The number of hydrogen-bond donors (Lipinski definition) is 1. The van der Waals surface area contributed by atoms with Gasteiger partial charge in [-0.2, -0.15) is 0 Å². The van der Waals surface area contributed by atoms with Crippen LogP contribution < -0.4 is 0 Å². The number of fused-ring (bicyclic) bond motifs is 3. The molecule has 1 aromatic carbocycles. The maximum atomic E-state index is 3.79. The summed E-state index contributed by atoms with van der Waals surface area (Å²) < 4.78 is 1.36. The second-order valence-corrected chi connectivity index (χ2v) is 10.9. The molecule has 1 aliphatic rings. The van der Waals surface area contributed by atoms with E-state index >= 15 is 0 Å². The molecule has 168 valence electrons. The van der Waals surface area contributed by atoms with Crippen molar-refractivity contribution in [3.05, 3.63) is 33.0 Å². The summed E-state index contributed by atoms with van der Waals surface area (Å²) in [5.41, 5.74) is 4.56. The second kappa shape index (κ2) is 13.8. The van der Waals surface area contributed by atoms with Crippen LogP contribution >= 0.6 is 22.6 Å². The van der Waals surface area contributed by atoms with Gasteiger partial charge >= 0.3 is 0 Å². The second-order valence-electron chi connectivity index (χ2n) is 9.68. The highest BCUT2D eigenvalue weighted by molar-refractivity contribution is 14.1. The minimum absolute atomic E-state index is 0.774. The quantitative estimate of drug-likeness (QED) is 0.177. The molecule has 0 radical (unpaired) electrons. The summed E-state index contributed by atoms with van der Waals surface area (Å²) >= 11 is 2.44. The SMILES string of the molecule is CCCCCCCCCCCCCCCCC1CCCc2c1[nH]c1ccc(I)cc21. The maximum absolute atomic E-state index is 3.79. The third-order valence-electron chi connectivity index (χ3n) is 7.19. The third-order valence-corrected chi connectivity index (χ3v) is 7.87. The lowest BCUT2D eigenvalue weighted by molar-refractivity contribution is 0.475. The first-order valence-electron chi connectivity index (χ1n) is 13.1. The smallest absolute Gasteiger partial charge is 0.0459 e. The van der Waals surface area contributed by atoms with Gasteiger partial charge in [0.05, 0.1) is 0 Å². The Labute approximate surface area is 199 Å². The van der Waals surface area contributed by atoms with Gasteiger partial charge in [-0.05, 0) is 78.0 Å². The molecule has 1 heterocycles. The Morgan fingerprint density at radius 1 is 0.833 bits per heavy atom. The fraction of sp³-hybridized carbons (Fsp3) is 0.714. The van der Waals surface area contributed by atoms with Gasteiger partial charge in [-0.25, -0.2) is 0 Å². The average Bonchev–Trinajstić information content (AvgIpc) is 3.12. The third kappa shape index (κ3) is 7.57. The zero-order valence-electron chi connectivity index (χ0n) is 19.4. The van der Waals surface area contributed by atoms with Crippen LogP contribution in [0, 0.1) is 3.57 Å². The van der Waals surface area contributed by atoms with E-state index in [-0.39, 0.29) is 0 Å². The number of unbranched alkanes of at least 4 members (excludes halogenated alkanes) is 13. The Kier molecular flexibility index (Phi) is 11.1. The Morgan fingerprint density at radius 3 is 2.07 bits per heavy atom. The van der Waals surface area contributed by atoms with E-state index < -0.39 is 0 Å². The molecule has 0 fully saturated rings. The Bertz CT molecular complexity index is 732. The largest absolute Gasteiger partial charge is 0.358 e. The van der Waals surface area contributed by atoms with Crippen LogP contribution in [0.3, 0.4) is 0 Å². The summed E-state index contributed by atoms with van der Waals surface area (Å²) in [4.78, 5) is 3.79. The molecule has 2 aromatic rings. The molecule has 1 nitrogen and oxygen atoms in total. The van der Waals surface area contributed by atoms with Crippen LogP contribution in [-0.4, -0.2) is 4.98 Å². The lowest BCUT2D eigenvalue weighted by Crippen LogP contribution is -2.09. The number of nitrogens with one attached hydrogen (secondary N) is 1. The summed E-state index contributed by atoms with van der Waals surface area (Å²) in [6.07, 6.45) is 25.7. The van der Waals surface area contributed by atoms with E-state index in [4.69, 9.17) is 0 Å². The van der Waals surface area contributed by atoms with E-state index in [2.05, 4.69) is 52.7 Å². The molecular formula is C28H44IN. The van der Waals surface area contributed by atoms with E-state index in [1.165, 1.54) is 130 Å². The van der Waals surface area contributed by atoms with Gasteiger partial charge in [-0.1, -0.05) is 96.8 Å². The number of benzene rings is 1.